The van der Waals surface area contributed by atoms with Gasteiger partial charge in [0.25, 0.3) is 0 Å². The minimum Gasteiger partial charge on any atom is -0.465 e. The zero-order valence-corrected chi connectivity index (χ0v) is 12.4. The van der Waals surface area contributed by atoms with Gasteiger partial charge in [-0.25, -0.2) is 0 Å². The summed E-state index contributed by atoms with van der Waals surface area (Å²) in [7, 11) is 0. The number of hydrogen-bond acceptors (Lipinski definition) is 6. The average Bonchev–Trinajstić information content (AvgIpc) is 2.71. The number of carbonyl (C=O) groups excluding carboxylic acids is 1. The predicted molar refractivity (Wildman–Crippen MR) is 74.1 cm³/mol. The van der Waals surface area contributed by atoms with Crippen LogP contribution in [-0.4, -0.2) is 71.2 Å². The predicted octanol–water partition coefficient (Wildman–Crippen LogP) is -0.388. The van der Waals surface area contributed by atoms with Crippen molar-refractivity contribution in [1.29, 1.82) is 0 Å². The van der Waals surface area contributed by atoms with Crippen LogP contribution in [0.1, 0.15) is 26.7 Å². The number of aliphatic hydroxyl groups excluding tert-OH is 3. The molecule has 4 atom stereocenters. The van der Waals surface area contributed by atoms with E-state index in [4.69, 9.17) is 9.84 Å². The Morgan fingerprint density at radius 3 is 2.40 bits per heavy atom. The fraction of sp³-hybridized carbons (Fsp3) is 0.929. The van der Waals surface area contributed by atoms with E-state index in [1.165, 1.54) is 0 Å². The van der Waals surface area contributed by atoms with Gasteiger partial charge >= 0.3 is 5.97 Å². The number of carbonyl (C=O) groups is 1. The summed E-state index contributed by atoms with van der Waals surface area (Å²) in [6.07, 6.45) is -0.309. The van der Waals surface area contributed by atoms with Crippen LogP contribution in [0.25, 0.3) is 0 Å². The van der Waals surface area contributed by atoms with Crippen molar-refractivity contribution in [1.82, 2.24) is 4.90 Å². The monoisotopic (exact) mass is 289 g/mol. The van der Waals surface area contributed by atoms with Crippen molar-refractivity contribution in [2.24, 2.45) is 11.8 Å². The number of hydrogen-bond donors (Lipinski definition) is 3. The van der Waals surface area contributed by atoms with E-state index in [9.17, 15) is 15.0 Å². The molecule has 6 heteroatoms. The first-order valence-corrected chi connectivity index (χ1v) is 7.38. The highest BCUT2D eigenvalue weighted by Gasteiger charge is 2.40. The second kappa shape index (κ2) is 8.56. The molecule has 1 aliphatic carbocycles. The zero-order valence-electron chi connectivity index (χ0n) is 12.4. The molecular formula is C14H27NO5. The summed E-state index contributed by atoms with van der Waals surface area (Å²) >= 11 is 0. The van der Waals surface area contributed by atoms with Crippen LogP contribution in [0.3, 0.4) is 0 Å². The van der Waals surface area contributed by atoms with E-state index in [2.05, 4.69) is 0 Å². The Balaban J connectivity index is 2.39. The maximum absolute atomic E-state index is 11.4. The third-order valence-electron chi connectivity index (χ3n) is 4.08. The first-order chi connectivity index (χ1) is 9.53. The Morgan fingerprint density at radius 2 is 1.90 bits per heavy atom. The summed E-state index contributed by atoms with van der Waals surface area (Å²) in [5.41, 5.74) is 0. The van der Waals surface area contributed by atoms with E-state index in [1.54, 1.807) is 6.92 Å². The fourth-order valence-electron chi connectivity index (χ4n) is 2.78. The third-order valence-corrected chi connectivity index (χ3v) is 4.08. The lowest BCUT2D eigenvalue weighted by atomic mass is 10.0. The largest absolute Gasteiger partial charge is 0.465 e. The quantitative estimate of drug-likeness (QED) is 0.527. The van der Waals surface area contributed by atoms with Crippen molar-refractivity contribution in [2.75, 3.05) is 32.8 Å². The zero-order chi connectivity index (χ0) is 15.1. The molecule has 20 heavy (non-hydrogen) atoms. The number of likely N-dealkylation sites (N-methyl/N-ethyl adjacent to an activating group) is 1. The molecule has 1 aliphatic rings. The molecule has 0 amide bonds. The molecule has 0 heterocycles. The van der Waals surface area contributed by atoms with Gasteiger partial charge in [0.05, 0.1) is 25.4 Å². The molecule has 0 spiro atoms. The van der Waals surface area contributed by atoms with Crippen LogP contribution < -0.4 is 0 Å². The lowest BCUT2D eigenvalue weighted by molar-refractivity contribution is -0.144. The van der Waals surface area contributed by atoms with Crippen molar-refractivity contribution in [3.05, 3.63) is 0 Å². The average molecular weight is 289 g/mol. The Bertz CT molecular complexity index is 299. The second-order valence-corrected chi connectivity index (χ2v) is 5.38. The molecule has 1 saturated carbocycles. The van der Waals surface area contributed by atoms with Gasteiger partial charge in [-0.2, -0.15) is 0 Å². The number of ether oxygens (including phenoxy) is 1. The summed E-state index contributed by atoms with van der Waals surface area (Å²) in [4.78, 5) is 13.4. The molecule has 0 saturated heterocycles. The van der Waals surface area contributed by atoms with Gasteiger partial charge in [0.2, 0.25) is 0 Å². The Morgan fingerprint density at radius 1 is 1.25 bits per heavy atom. The number of rotatable bonds is 8. The highest BCUT2D eigenvalue weighted by atomic mass is 16.5. The van der Waals surface area contributed by atoms with Gasteiger partial charge in [0.15, 0.2) is 0 Å². The molecule has 0 aliphatic heterocycles. The van der Waals surface area contributed by atoms with Crippen molar-refractivity contribution >= 4 is 5.97 Å². The van der Waals surface area contributed by atoms with Crippen molar-refractivity contribution in [3.8, 4) is 0 Å². The highest BCUT2D eigenvalue weighted by Crippen LogP contribution is 2.33. The molecule has 0 aromatic rings. The first-order valence-electron chi connectivity index (χ1n) is 7.38. The molecular weight excluding hydrogens is 262 g/mol. The normalized spacial score (nSPS) is 29.9. The van der Waals surface area contributed by atoms with E-state index >= 15 is 0 Å². The molecule has 1 rings (SSSR count). The second-order valence-electron chi connectivity index (χ2n) is 5.38. The Kier molecular flexibility index (Phi) is 7.43. The van der Waals surface area contributed by atoms with Gasteiger partial charge in [-0.3, -0.25) is 9.69 Å². The molecule has 1 fully saturated rings. The van der Waals surface area contributed by atoms with Crippen LogP contribution in [0.2, 0.25) is 0 Å². The first kappa shape index (κ1) is 17.4. The molecule has 0 aromatic heterocycles. The molecule has 3 N–H and O–H groups in total. The van der Waals surface area contributed by atoms with Crippen LogP contribution in [-0.2, 0) is 9.53 Å². The van der Waals surface area contributed by atoms with Crippen molar-refractivity contribution in [2.45, 2.75) is 38.9 Å². The summed E-state index contributed by atoms with van der Waals surface area (Å²) in [5.74, 6) is -0.511. The Hall–Kier alpha value is -0.690. The van der Waals surface area contributed by atoms with E-state index in [0.717, 1.165) is 6.54 Å². The molecule has 0 radical (unpaired) electrons. The van der Waals surface area contributed by atoms with Gasteiger partial charge in [-0.1, -0.05) is 6.92 Å². The molecule has 0 bridgehead atoms. The summed E-state index contributed by atoms with van der Waals surface area (Å²) in [6, 6.07) is 0. The van der Waals surface area contributed by atoms with Gasteiger partial charge in [-0.05, 0) is 38.8 Å². The third kappa shape index (κ3) is 4.70. The standard InChI is InChI=1S/C14H27NO5/c1-3-15(8-12(17)20-4-2)6-5-10-7-11(9-16)14(19)13(10)18/h10-11,13-14,16,18-19H,3-9H2,1-2H3/t10-,11-,13-,14-/m0/s1. The van der Waals surface area contributed by atoms with E-state index < -0.39 is 12.2 Å². The van der Waals surface area contributed by atoms with Gasteiger partial charge in [0.1, 0.15) is 0 Å². The Labute approximate surface area is 120 Å². The van der Waals surface area contributed by atoms with Crippen molar-refractivity contribution < 1.29 is 24.9 Å². The van der Waals surface area contributed by atoms with E-state index in [0.29, 0.717) is 26.0 Å². The summed E-state index contributed by atoms with van der Waals surface area (Å²) in [6.45, 7) is 5.67. The van der Waals surface area contributed by atoms with Crippen LogP contribution in [0.15, 0.2) is 0 Å². The molecule has 0 aromatic carbocycles. The van der Waals surface area contributed by atoms with Crippen molar-refractivity contribution in [3.63, 3.8) is 0 Å². The van der Waals surface area contributed by atoms with Crippen LogP contribution >= 0.6 is 0 Å². The fourth-order valence-corrected chi connectivity index (χ4v) is 2.78. The number of esters is 1. The number of aliphatic hydroxyl groups is 3. The highest BCUT2D eigenvalue weighted by molar-refractivity contribution is 5.71. The van der Waals surface area contributed by atoms with E-state index in [-0.39, 0.29) is 31.0 Å². The van der Waals surface area contributed by atoms with Gasteiger partial charge in [0, 0.05) is 12.5 Å². The maximum atomic E-state index is 11.4. The van der Waals surface area contributed by atoms with E-state index in [1.807, 2.05) is 11.8 Å². The lowest BCUT2D eigenvalue weighted by Crippen LogP contribution is -2.34. The molecule has 0 unspecified atom stereocenters. The number of nitrogens with zero attached hydrogens (tertiary/aromatic N) is 1. The van der Waals surface area contributed by atoms with Crippen LogP contribution in [0.4, 0.5) is 0 Å². The van der Waals surface area contributed by atoms with Crippen LogP contribution in [0.5, 0.6) is 0 Å². The van der Waals surface area contributed by atoms with Gasteiger partial charge < -0.3 is 20.1 Å². The maximum Gasteiger partial charge on any atom is 0.320 e. The topological polar surface area (TPSA) is 90.2 Å². The SMILES string of the molecule is CCOC(=O)CN(CC)CC[C@H]1C[C@@H](CO)[C@H](O)[C@H]1O. The summed E-state index contributed by atoms with van der Waals surface area (Å²) in [5, 5.41) is 28.8. The molecule has 6 nitrogen and oxygen atoms in total. The van der Waals surface area contributed by atoms with Crippen LogP contribution in [0, 0.1) is 11.8 Å². The smallest absolute Gasteiger partial charge is 0.320 e. The molecule has 118 valence electrons. The van der Waals surface area contributed by atoms with Gasteiger partial charge in [-0.15, -0.1) is 0 Å². The minimum atomic E-state index is -0.842. The lowest BCUT2D eigenvalue weighted by Gasteiger charge is -2.22. The minimum absolute atomic E-state index is 0.0293. The summed E-state index contributed by atoms with van der Waals surface area (Å²) < 4.78 is 4.92.